The van der Waals surface area contributed by atoms with E-state index in [0.717, 1.165) is 11.3 Å². The molecular weight excluding hydrogens is 282 g/mol. The van der Waals surface area contributed by atoms with Crippen LogP contribution in [0.3, 0.4) is 0 Å². The van der Waals surface area contributed by atoms with Gasteiger partial charge < -0.3 is 14.7 Å². The van der Waals surface area contributed by atoms with Crippen LogP contribution in [0, 0.1) is 18.8 Å². The van der Waals surface area contributed by atoms with Gasteiger partial charge in [0.1, 0.15) is 5.75 Å². The lowest BCUT2D eigenvalue weighted by atomic mass is 9.99. The molecule has 1 aliphatic rings. The van der Waals surface area contributed by atoms with Gasteiger partial charge in [0.05, 0.1) is 12.5 Å². The van der Waals surface area contributed by atoms with Crippen LogP contribution in [-0.4, -0.2) is 41.6 Å². The number of carboxylic acid groups (broad SMARTS) is 1. The van der Waals surface area contributed by atoms with Gasteiger partial charge in [0, 0.05) is 19.5 Å². The number of rotatable bonds is 6. The molecule has 1 saturated heterocycles. The number of aliphatic carboxylic acids is 1. The van der Waals surface area contributed by atoms with Crippen LogP contribution >= 0.6 is 0 Å². The van der Waals surface area contributed by atoms with Crippen molar-refractivity contribution in [1.82, 2.24) is 4.90 Å². The fourth-order valence-electron chi connectivity index (χ4n) is 2.77. The van der Waals surface area contributed by atoms with Crippen molar-refractivity contribution in [3.63, 3.8) is 0 Å². The van der Waals surface area contributed by atoms with E-state index < -0.39 is 11.9 Å². The normalized spacial score (nSPS) is 20.9. The summed E-state index contributed by atoms with van der Waals surface area (Å²) in [4.78, 5) is 24.8. The van der Waals surface area contributed by atoms with Crippen LogP contribution in [-0.2, 0) is 9.59 Å². The first-order chi connectivity index (χ1) is 10.5. The standard InChI is InChI=1S/C17H23NO4/c1-12-5-3-6-14(9-12)22-8-4-7-16(19)18-10-13(2)15(11-18)17(20)21/h3,5-6,9,13,15H,4,7-8,10-11H2,1-2H3,(H,20,21)/t13-,15-/m1/s1. The highest BCUT2D eigenvalue weighted by Gasteiger charge is 2.36. The van der Waals surface area contributed by atoms with Gasteiger partial charge >= 0.3 is 5.97 Å². The number of benzene rings is 1. The summed E-state index contributed by atoms with van der Waals surface area (Å²) in [5.74, 6) is -0.403. The smallest absolute Gasteiger partial charge is 0.308 e. The van der Waals surface area contributed by atoms with Crippen molar-refractivity contribution in [1.29, 1.82) is 0 Å². The summed E-state index contributed by atoms with van der Waals surface area (Å²) in [6.45, 7) is 5.24. The first kappa shape index (κ1) is 16.3. The Labute approximate surface area is 130 Å². The molecule has 120 valence electrons. The molecular formula is C17H23NO4. The maximum atomic E-state index is 12.1. The molecule has 1 aromatic rings. The third-order valence-electron chi connectivity index (χ3n) is 4.08. The lowest BCUT2D eigenvalue weighted by Gasteiger charge is -2.16. The minimum Gasteiger partial charge on any atom is -0.494 e. The average Bonchev–Trinajstić information content (AvgIpc) is 2.86. The topological polar surface area (TPSA) is 66.8 Å². The van der Waals surface area contributed by atoms with Crippen molar-refractivity contribution in [2.45, 2.75) is 26.7 Å². The quantitative estimate of drug-likeness (QED) is 0.819. The second-order valence-corrected chi connectivity index (χ2v) is 5.99. The zero-order valence-electron chi connectivity index (χ0n) is 13.1. The van der Waals surface area contributed by atoms with E-state index in [1.165, 1.54) is 0 Å². The van der Waals surface area contributed by atoms with Gasteiger partial charge in [-0.1, -0.05) is 19.1 Å². The van der Waals surface area contributed by atoms with Gasteiger partial charge in [-0.05, 0) is 37.0 Å². The molecule has 0 unspecified atom stereocenters. The Bertz CT molecular complexity index is 543. The van der Waals surface area contributed by atoms with Gasteiger partial charge in [-0.2, -0.15) is 0 Å². The van der Waals surface area contributed by atoms with Crippen molar-refractivity contribution < 1.29 is 19.4 Å². The molecule has 1 amide bonds. The van der Waals surface area contributed by atoms with E-state index in [9.17, 15) is 9.59 Å². The Morgan fingerprint density at radius 2 is 2.14 bits per heavy atom. The van der Waals surface area contributed by atoms with Crippen LogP contribution < -0.4 is 4.74 Å². The number of carboxylic acids is 1. The molecule has 1 N–H and O–H groups in total. The van der Waals surface area contributed by atoms with E-state index in [1.54, 1.807) is 4.90 Å². The molecule has 5 heteroatoms. The van der Waals surface area contributed by atoms with E-state index in [1.807, 2.05) is 38.1 Å². The predicted molar refractivity (Wildman–Crippen MR) is 82.8 cm³/mol. The van der Waals surface area contributed by atoms with Gasteiger partial charge in [0.25, 0.3) is 0 Å². The van der Waals surface area contributed by atoms with E-state index in [0.29, 0.717) is 32.5 Å². The zero-order valence-corrected chi connectivity index (χ0v) is 13.1. The van der Waals surface area contributed by atoms with Crippen LogP contribution in [0.5, 0.6) is 5.75 Å². The number of aryl methyl sites for hydroxylation is 1. The molecule has 1 heterocycles. The first-order valence-electron chi connectivity index (χ1n) is 7.67. The second-order valence-electron chi connectivity index (χ2n) is 5.99. The maximum absolute atomic E-state index is 12.1. The number of carbonyl (C=O) groups is 2. The molecule has 0 aliphatic carbocycles. The summed E-state index contributed by atoms with van der Waals surface area (Å²) < 4.78 is 5.62. The molecule has 22 heavy (non-hydrogen) atoms. The Kier molecular flexibility index (Phi) is 5.41. The van der Waals surface area contributed by atoms with Crippen LogP contribution in [0.1, 0.15) is 25.3 Å². The van der Waals surface area contributed by atoms with E-state index >= 15 is 0 Å². The van der Waals surface area contributed by atoms with Gasteiger partial charge in [-0.25, -0.2) is 0 Å². The molecule has 0 spiro atoms. The van der Waals surface area contributed by atoms with E-state index in [2.05, 4.69) is 0 Å². The molecule has 5 nitrogen and oxygen atoms in total. The second kappa shape index (κ2) is 7.29. The zero-order chi connectivity index (χ0) is 16.1. The third kappa shape index (κ3) is 4.23. The van der Waals surface area contributed by atoms with E-state index in [4.69, 9.17) is 9.84 Å². The Balaban J connectivity index is 1.71. The molecule has 1 fully saturated rings. The lowest BCUT2D eigenvalue weighted by molar-refractivity contribution is -0.142. The number of carbonyl (C=O) groups excluding carboxylic acids is 1. The predicted octanol–water partition coefficient (Wildman–Crippen LogP) is 2.33. The molecule has 0 bridgehead atoms. The summed E-state index contributed by atoms with van der Waals surface area (Å²) in [6.07, 6.45) is 1.03. The number of amides is 1. The van der Waals surface area contributed by atoms with Crippen LogP contribution in [0.4, 0.5) is 0 Å². The summed E-state index contributed by atoms with van der Waals surface area (Å²) in [7, 11) is 0. The minimum atomic E-state index is -0.814. The average molecular weight is 305 g/mol. The molecule has 0 radical (unpaired) electrons. The van der Waals surface area contributed by atoms with E-state index in [-0.39, 0.29) is 11.8 Å². The number of ether oxygens (including phenoxy) is 1. The minimum absolute atomic E-state index is 0.0171. The molecule has 1 aromatic carbocycles. The fraction of sp³-hybridized carbons (Fsp3) is 0.529. The van der Waals surface area contributed by atoms with Crippen molar-refractivity contribution in [3.05, 3.63) is 29.8 Å². The summed E-state index contributed by atoms with van der Waals surface area (Å²) >= 11 is 0. The highest BCUT2D eigenvalue weighted by Crippen LogP contribution is 2.24. The van der Waals surface area contributed by atoms with Crippen molar-refractivity contribution in [2.75, 3.05) is 19.7 Å². The molecule has 0 saturated carbocycles. The Morgan fingerprint density at radius 1 is 1.36 bits per heavy atom. The highest BCUT2D eigenvalue weighted by atomic mass is 16.5. The number of nitrogens with zero attached hydrogens (tertiary/aromatic N) is 1. The van der Waals surface area contributed by atoms with Gasteiger partial charge in [-0.3, -0.25) is 9.59 Å². The number of hydrogen-bond donors (Lipinski definition) is 1. The monoisotopic (exact) mass is 305 g/mol. The number of likely N-dealkylation sites (tertiary alicyclic amines) is 1. The first-order valence-corrected chi connectivity index (χ1v) is 7.67. The molecule has 1 aliphatic heterocycles. The SMILES string of the molecule is Cc1cccc(OCCCC(=O)N2C[C@@H](C)[C@H](C(=O)O)C2)c1. The highest BCUT2D eigenvalue weighted by molar-refractivity contribution is 5.78. The summed E-state index contributed by atoms with van der Waals surface area (Å²) in [5.41, 5.74) is 1.14. The largest absolute Gasteiger partial charge is 0.494 e. The van der Waals surface area contributed by atoms with Crippen molar-refractivity contribution >= 4 is 11.9 Å². The molecule has 2 rings (SSSR count). The van der Waals surface area contributed by atoms with Gasteiger partial charge in [0.2, 0.25) is 5.91 Å². The van der Waals surface area contributed by atoms with Gasteiger partial charge in [0.15, 0.2) is 0 Å². The number of hydrogen-bond acceptors (Lipinski definition) is 3. The fourth-order valence-corrected chi connectivity index (χ4v) is 2.77. The lowest BCUT2D eigenvalue weighted by Crippen LogP contribution is -2.30. The van der Waals surface area contributed by atoms with Crippen molar-refractivity contribution in [3.8, 4) is 5.75 Å². The molecule has 2 atom stereocenters. The van der Waals surface area contributed by atoms with Crippen molar-refractivity contribution in [2.24, 2.45) is 11.8 Å². The Morgan fingerprint density at radius 3 is 2.77 bits per heavy atom. The Hall–Kier alpha value is -2.04. The van der Waals surface area contributed by atoms with Crippen LogP contribution in [0.2, 0.25) is 0 Å². The molecule has 0 aromatic heterocycles. The summed E-state index contributed by atoms with van der Waals surface area (Å²) in [6, 6.07) is 7.80. The third-order valence-corrected chi connectivity index (χ3v) is 4.08. The van der Waals surface area contributed by atoms with Crippen LogP contribution in [0.25, 0.3) is 0 Å². The maximum Gasteiger partial charge on any atom is 0.308 e. The summed E-state index contributed by atoms with van der Waals surface area (Å²) in [5, 5.41) is 9.09. The van der Waals surface area contributed by atoms with Gasteiger partial charge in [-0.15, -0.1) is 0 Å². The van der Waals surface area contributed by atoms with Crippen LogP contribution in [0.15, 0.2) is 24.3 Å².